The molecule has 1 aliphatic rings. The summed E-state index contributed by atoms with van der Waals surface area (Å²) in [5, 5.41) is 12.2. The second kappa shape index (κ2) is 7.37. The summed E-state index contributed by atoms with van der Waals surface area (Å²) in [5.41, 5.74) is 1.23. The molecule has 2 rings (SSSR count). The zero-order chi connectivity index (χ0) is 14.4. The number of nitriles is 1. The van der Waals surface area contributed by atoms with Gasteiger partial charge in [-0.15, -0.1) is 0 Å². The highest BCUT2D eigenvalue weighted by Gasteiger charge is 2.17. The van der Waals surface area contributed by atoms with Gasteiger partial charge in [0, 0.05) is 6.54 Å². The molecule has 0 unspecified atom stereocenters. The third-order valence-corrected chi connectivity index (χ3v) is 4.00. The van der Waals surface area contributed by atoms with Crippen LogP contribution in [0.4, 0.5) is 4.39 Å². The number of piperidine rings is 1. The van der Waals surface area contributed by atoms with E-state index in [0.717, 1.165) is 18.7 Å². The van der Waals surface area contributed by atoms with Crippen molar-refractivity contribution in [1.29, 1.82) is 5.26 Å². The molecule has 0 spiro atoms. The molecule has 1 aromatic rings. The number of nitrogens with one attached hydrogen (secondary N) is 1. The monoisotopic (exact) mass is 275 g/mol. The van der Waals surface area contributed by atoms with Gasteiger partial charge in [0.1, 0.15) is 5.82 Å². The average molecular weight is 275 g/mol. The molecule has 3 nitrogen and oxygen atoms in total. The second-order valence-corrected chi connectivity index (χ2v) is 5.47. The van der Waals surface area contributed by atoms with Gasteiger partial charge in [0.2, 0.25) is 0 Å². The van der Waals surface area contributed by atoms with E-state index in [-0.39, 0.29) is 5.82 Å². The molecule has 1 heterocycles. The summed E-state index contributed by atoms with van der Waals surface area (Å²) in [5.74, 6) is 0.374. The number of benzene rings is 1. The van der Waals surface area contributed by atoms with Gasteiger partial charge < -0.3 is 10.2 Å². The van der Waals surface area contributed by atoms with Crippen LogP contribution in [0.3, 0.4) is 0 Å². The summed E-state index contributed by atoms with van der Waals surface area (Å²) in [6.45, 7) is 7.30. The van der Waals surface area contributed by atoms with Crippen molar-refractivity contribution in [3.05, 3.63) is 35.1 Å². The van der Waals surface area contributed by atoms with Crippen LogP contribution in [-0.4, -0.2) is 31.1 Å². The summed E-state index contributed by atoms with van der Waals surface area (Å²) in [7, 11) is 0. The fourth-order valence-corrected chi connectivity index (χ4v) is 2.74. The SMILES string of the molecule is CCN1CCC(CNCc2cc(F)cc(C#N)c2)CC1. The van der Waals surface area contributed by atoms with E-state index in [1.54, 1.807) is 6.07 Å². The van der Waals surface area contributed by atoms with E-state index in [1.165, 1.54) is 38.1 Å². The van der Waals surface area contributed by atoms with E-state index >= 15 is 0 Å². The minimum Gasteiger partial charge on any atom is -0.312 e. The van der Waals surface area contributed by atoms with E-state index in [9.17, 15) is 4.39 Å². The lowest BCUT2D eigenvalue weighted by Gasteiger charge is -2.31. The average Bonchev–Trinajstić information content (AvgIpc) is 2.47. The van der Waals surface area contributed by atoms with Gasteiger partial charge in [-0.25, -0.2) is 4.39 Å². The molecule has 1 aliphatic heterocycles. The fourth-order valence-electron chi connectivity index (χ4n) is 2.74. The van der Waals surface area contributed by atoms with Gasteiger partial charge in [0.15, 0.2) is 0 Å². The Bertz CT molecular complexity index is 473. The number of hydrogen-bond donors (Lipinski definition) is 1. The van der Waals surface area contributed by atoms with Crippen molar-refractivity contribution >= 4 is 0 Å². The topological polar surface area (TPSA) is 39.1 Å². The summed E-state index contributed by atoms with van der Waals surface area (Å²) in [6.07, 6.45) is 2.46. The van der Waals surface area contributed by atoms with Crippen molar-refractivity contribution in [2.45, 2.75) is 26.3 Å². The Hall–Kier alpha value is -1.44. The quantitative estimate of drug-likeness (QED) is 0.897. The molecule has 0 aliphatic carbocycles. The molecule has 1 fully saturated rings. The van der Waals surface area contributed by atoms with Crippen LogP contribution in [0.5, 0.6) is 0 Å². The van der Waals surface area contributed by atoms with Crippen LogP contribution in [-0.2, 0) is 6.54 Å². The molecule has 4 heteroatoms. The summed E-state index contributed by atoms with van der Waals surface area (Å²) < 4.78 is 13.3. The number of hydrogen-bond acceptors (Lipinski definition) is 3. The van der Waals surface area contributed by atoms with E-state index in [1.807, 2.05) is 6.07 Å². The maximum absolute atomic E-state index is 13.3. The molecule has 0 saturated carbocycles. The maximum Gasteiger partial charge on any atom is 0.124 e. The highest BCUT2D eigenvalue weighted by Crippen LogP contribution is 2.16. The Labute approximate surface area is 120 Å². The molecule has 0 radical (unpaired) electrons. The largest absolute Gasteiger partial charge is 0.312 e. The van der Waals surface area contributed by atoms with Gasteiger partial charge in [-0.2, -0.15) is 5.26 Å². The summed E-state index contributed by atoms with van der Waals surface area (Å²) in [4.78, 5) is 2.47. The first kappa shape index (κ1) is 15.0. The molecule has 1 aromatic carbocycles. The van der Waals surface area contributed by atoms with Gasteiger partial charge in [0.05, 0.1) is 11.6 Å². The molecule has 1 N–H and O–H groups in total. The third-order valence-electron chi connectivity index (χ3n) is 4.00. The van der Waals surface area contributed by atoms with Crippen LogP contribution in [0, 0.1) is 23.1 Å². The molecule has 0 bridgehead atoms. The Balaban J connectivity index is 1.76. The number of likely N-dealkylation sites (tertiary alicyclic amines) is 1. The lowest BCUT2D eigenvalue weighted by molar-refractivity contribution is 0.190. The van der Waals surface area contributed by atoms with Crippen LogP contribution in [0.15, 0.2) is 18.2 Å². The van der Waals surface area contributed by atoms with E-state index in [4.69, 9.17) is 5.26 Å². The minimum atomic E-state index is -0.336. The third kappa shape index (κ3) is 4.29. The molecule has 20 heavy (non-hydrogen) atoms. The van der Waals surface area contributed by atoms with Crippen molar-refractivity contribution < 1.29 is 4.39 Å². The normalized spacial score (nSPS) is 17.1. The van der Waals surface area contributed by atoms with Crippen LogP contribution in [0.2, 0.25) is 0 Å². The van der Waals surface area contributed by atoms with Crippen molar-refractivity contribution in [2.24, 2.45) is 5.92 Å². The van der Waals surface area contributed by atoms with E-state index in [2.05, 4.69) is 17.1 Å². The van der Waals surface area contributed by atoms with Crippen LogP contribution < -0.4 is 5.32 Å². The first-order chi connectivity index (χ1) is 9.71. The second-order valence-electron chi connectivity index (χ2n) is 5.47. The smallest absolute Gasteiger partial charge is 0.124 e. The molecule has 1 saturated heterocycles. The maximum atomic E-state index is 13.3. The molecule has 0 aromatic heterocycles. The molecule has 108 valence electrons. The van der Waals surface area contributed by atoms with Crippen molar-refractivity contribution in [3.8, 4) is 6.07 Å². The van der Waals surface area contributed by atoms with Crippen LogP contribution in [0.25, 0.3) is 0 Å². The molecule has 0 amide bonds. The van der Waals surface area contributed by atoms with Gasteiger partial charge in [-0.05, 0) is 68.7 Å². The van der Waals surface area contributed by atoms with Gasteiger partial charge in [0.25, 0.3) is 0 Å². The number of rotatable bonds is 5. The Morgan fingerprint density at radius 3 is 2.75 bits per heavy atom. The van der Waals surface area contributed by atoms with Crippen LogP contribution in [0.1, 0.15) is 30.9 Å². The zero-order valence-corrected chi connectivity index (χ0v) is 12.0. The Kier molecular flexibility index (Phi) is 5.51. The number of nitrogens with zero attached hydrogens (tertiary/aromatic N) is 2. The van der Waals surface area contributed by atoms with Gasteiger partial charge in [-0.1, -0.05) is 6.92 Å². The lowest BCUT2D eigenvalue weighted by atomic mass is 9.97. The highest BCUT2D eigenvalue weighted by atomic mass is 19.1. The standard InChI is InChI=1S/C16H22FN3/c1-2-20-5-3-13(4-6-20)11-19-12-15-7-14(10-18)8-16(17)9-15/h7-9,13,19H,2-6,11-12H2,1H3. The molecular formula is C16H22FN3. The van der Waals surface area contributed by atoms with Crippen molar-refractivity contribution in [1.82, 2.24) is 10.2 Å². The summed E-state index contributed by atoms with van der Waals surface area (Å²) >= 11 is 0. The fraction of sp³-hybridized carbons (Fsp3) is 0.562. The number of halogens is 1. The molecular weight excluding hydrogens is 253 g/mol. The van der Waals surface area contributed by atoms with Crippen molar-refractivity contribution in [2.75, 3.05) is 26.2 Å². The van der Waals surface area contributed by atoms with E-state index < -0.39 is 0 Å². The predicted molar refractivity (Wildman–Crippen MR) is 77.7 cm³/mol. The Morgan fingerprint density at radius 1 is 1.35 bits per heavy atom. The first-order valence-electron chi connectivity index (χ1n) is 7.34. The minimum absolute atomic E-state index is 0.336. The van der Waals surface area contributed by atoms with Gasteiger partial charge >= 0.3 is 0 Å². The van der Waals surface area contributed by atoms with E-state index in [0.29, 0.717) is 18.0 Å². The Morgan fingerprint density at radius 2 is 2.10 bits per heavy atom. The molecule has 0 atom stereocenters. The first-order valence-corrected chi connectivity index (χ1v) is 7.34. The lowest BCUT2D eigenvalue weighted by Crippen LogP contribution is -2.36. The predicted octanol–water partition coefficient (Wildman–Crippen LogP) is 2.52. The van der Waals surface area contributed by atoms with Crippen LogP contribution >= 0.6 is 0 Å². The summed E-state index contributed by atoms with van der Waals surface area (Å²) in [6, 6.07) is 6.49. The van der Waals surface area contributed by atoms with Gasteiger partial charge in [-0.3, -0.25) is 0 Å². The zero-order valence-electron chi connectivity index (χ0n) is 12.0. The highest BCUT2D eigenvalue weighted by molar-refractivity contribution is 5.33. The van der Waals surface area contributed by atoms with Crippen molar-refractivity contribution in [3.63, 3.8) is 0 Å².